The van der Waals surface area contributed by atoms with Gasteiger partial charge in [-0.3, -0.25) is 4.90 Å². The van der Waals surface area contributed by atoms with Gasteiger partial charge in [0.05, 0.1) is 16.3 Å². The average molecular weight is 444 g/mol. The number of nitrogens with two attached hydrogens (primary N) is 1. The first-order valence-electron chi connectivity index (χ1n) is 8.64. The minimum Gasteiger partial charge on any atom is -0.452 e. The number of nitrogens with zero attached hydrogens (tertiary/aromatic N) is 2. The van der Waals surface area contributed by atoms with Gasteiger partial charge in [0.1, 0.15) is 17.1 Å². The van der Waals surface area contributed by atoms with Crippen molar-refractivity contribution in [1.82, 2.24) is 5.01 Å². The van der Waals surface area contributed by atoms with E-state index >= 15 is 0 Å². The molecule has 0 fully saturated rings. The smallest absolute Gasteiger partial charge is 0.347 e. The van der Waals surface area contributed by atoms with Crippen molar-refractivity contribution in [2.45, 2.75) is 39.2 Å². The molecular weight excluding hydrogens is 423 g/mol. The summed E-state index contributed by atoms with van der Waals surface area (Å²) in [6.45, 7) is 12.7. The Morgan fingerprint density at radius 2 is 1.83 bits per heavy atom. The van der Waals surface area contributed by atoms with Crippen LogP contribution >= 0.6 is 11.6 Å². The number of hydrogen-bond donors (Lipinski definition) is 1. The Hall–Kier alpha value is -2.78. The van der Waals surface area contributed by atoms with Gasteiger partial charge in [-0.1, -0.05) is 24.8 Å². The fraction of sp³-hybridized carbons (Fsp3) is 0.300. The molecule has 0 radical (unpaired) electrons. The van der Waals surface area contributed by atoms with Crippen LogP contribution in [-0.4, -0.2) is 28.5 Å². The lowest BCUT2D eigenvalue weighted by Gasteiger charge is -2.36. The minimum atomic E-state index is -3.44. The van der Waals surface area contributed by atoms with Crippen LogP contribution in [0.3, 0.4) is 0 Å². The first kappa shape index (κ1) is 23.5. The van der Waals surface area contributed by atoms with E-state index in [1.807, 2.05) is 0 Å². The number of amides is 2. The first-order valence-corrected chi connectivity index (χ1v) is 9.02. The van der Waals surface area contributed by atoms with E-state index in [0.29, 0.717) is 17.4 Å². The molecule has 0 bridgehead atoms. The molecule has 1 aliphatic rings. The second-order valence-electron chi connectivity index (χ2n) is 7.36. The summed E-state index contributed by atoms with van der Waals surface area (Å²) in [4.78, 5) is 25.8. The third kappa shape index (κ3) is 4.36. The van der Waals surface area contributed by atoms with Crippen molar-refractivity contribution < 1.29 is 27.5 Å². The molecule has 1 heterocycles. The first-order chi connectivity index (χ1) is 13.6. The van der Waals surface area contributed by atoms with Crippen LogP contribution in [-0.2, 0) is 4.74 Å². The van der Waals surface area contributed by atoms with Crippen molar-refractivity contribution in [3.63, 3.8) is 0 Å². The summed E-state index contributed by atoms with van der Waals surface area (Å²) in [5.41, 5.74) is -2.29. The number of allylic oxidation sites excluding steroid dienone is 2. The zero-order valence-electron chi connectivity index (χ0n) is 16.9. The standard InChI is InChI=1S/C20H21ClF3N3O3/c1-10(2)19(4,5)30-17(28)12-8-15(14(22)9-13(12)21)26-11(3)7-16(20(6,23)24)27(25)18(26)29/h7-9H,1,3,25H2,2,4-6H3. The van der Waals surface area contributed by atoms with Crippen LogP contribution in [0.2, 0.25) is 5.02 Å². The SMILES string of the molecule is C=C1C=C(C(C)(F)F)N(N)C(=O)N1c1cc(C(=O)OC(C)(C)C(=C)C)c(Cl)cc1F. The summed E-state index contributed by atoms with van der Waals surface area (Å²) in [6.07, 6.45) is 0.845. The predicted molar refractivity (Wildman–Crippen MR) is 107 cm³/mol. The van der Waals surface area contributed by atoms with Gasteiger partial charge in [-0.05, 0) is 44.6 Å². The van der Waals surface area contributed by atoms with Gasteiger partial charge < -0.3 is 4.74 Å². The molecule has 0 unspecified atom stereocenters. The molecule has 0 aromatic heterocycles. The predicted octanol–water partition coefficient (Wildman–Crippen LogP) is 5.16. The van der Waals surface area contributed by atoms with Crippen molar-refractivity contribution >= 4 is 29.3 Å². The average Bonchev–Trinajstić information content (AvgIpc) is 2.58. The summed E-state index contributed by atoms with van der Waals surface area (Å²) in [7, 11) is 0. The fourth-order valence-corrected chi connectivity index (χ4v) is 2.69. The molecule has 2 N–H and O–H groups in total. The number of halogens is 4. The number of carbonyl (C=O) groups excluding carboxylic acids is 2. The fourth-order valence-electron chi connectivity index (χ4n) is 2.46. The molecule has 2 rings (SSSR count). The molecule has 0 saturated carbocycles. The number of urea groups is 1. The molecule has 1 aromatic carbocycles. The molecule has 0 aliphatic carbocycles. The normalized spacial score (nSPS) is 15.3. The lowest BCUT2D eigenvalue weighted by Crippen LogP contribution is -2.52. The number of rotatable bonds is 5. The van der Waals surface area contributed by atoms with Crippen molar-refractivity contribution in [2.75, 3.05) is 4.90 Å². The number of esters is 1. The summed E-state index contributed by atoms with van der Waals surface area (Å²) in [5, 5.41) is -0.0833. The van der Waals surface area contributed by atoms with Gasteiger partial charge in [0.25, 0.3) is 5.92 Å². The molecular formula is C20H21ClF3N3O3. The number of anilines is 1. The number of alkyl halides is 2. The van der Waals surface area contributed by atoms with E-state index in [1.165, 1.54) is 0 Å². The Bertz CT molecular complexity index is 983. The number of carbonyl (C=O) groups is 2. The van der Waals surface area contributed by atoms with Crippen molar-refractivity contribution in [2.24, 2.45) is 5.84 Å². The molecule has 0 saturated heterocycles. The Labute approximate surface area is 177 Å². The van der Waals surface area contributed by atoms with Gasteiger partial charge in [0.15, 0.2) is 0 Å². The van der Waals surface area contributed by atoms with Gasteiger partial charge >= 0.3 is 12.0 Å². The van der Waals surface area contributed by atoms with Gasteiger partial charge in [0, 0.05) is 12.6 Å². The zero-order valence-corrected chi connectivity index (χ0v) is 17.6. The molecule has 0 atom stereocenters. The molecule has 0 spiro atoms. The molecule has 30 heavy (non-hydrogen) atoms. The van der Waals surface area contributed by atoms with Gasteiger partial charge in [-0.2, -0.15) is 8.78 Å². The van der Waals surface area contributed by atoms with Gasteiger partial charge in [-0.15, -0.1) is 0 Å². The van der Waals surface area contributed by atoms with Crippen LogP contribution in [0.25, 0.3) is 0 Å². The lowest BCUT2D eigenvalue weighted by molar-refractivity contribution is 0.0135. The van der Waals surface area contributed by atoms with Crippen LogP contribution in [0.5, 0.6) is 0 Å². The van der Waals surface area contributed by atoms with E-state index in [2.05, 4.69) is 13.2 Å². The van der Waals surface area contributed by atoms with Crippen molar-refractivity contribution in [3.8, 4) is 0 Å². The molecule has 1 aliphatic heterocycles. The highest BCUT2D eigenvalue weighted by atomic mass is 35.5. The molecule has 6 nitrogen and oxygen atoms in total. The van der Waals surface area contributed by atoms with E-state index in [-0.39, 0.29) is 21.3 Å². The molecule has 162 valence electrons. The number of benzene rings is 1. The highest BCUT2D eigenvalue weighted by Crippen LogP contribution is 2.36. The van der Waals surface area contributed by atoms with Crippen LogP contribution < -0.4 is 10.7 Å². The van der Waals surface area contributed by atoms with Crippen LogP contribution in [0.4, 0.5) is 23.7 Å². The van der Waals surface area contributed by atoms with E-state index in [4.69, 9.17) is 22.2 Å². The Morgan fingerprint density at radius 1 is 1.27 bits per heavy atom. The number of ether oxygens (including phenoxy) is 1. The second kappa shape index (κ2) is 7.81. The largest absolute Gasteiger partial charge is 0.452 e. The summed E-state index contributed by atoms with van der Waals surface area (Å²) in [6, 6.07) is 0.576. The third-order valence-corrected chi connectivity index (χ3v) is 4.88. The maximum atomic E-state index is 14.6. The Kier molecular flexibility index (Phi) is 6.11. The third-order valence-electron chi connectivity index (χ3n) is 4.57. The maximum Gasteiger partial charge on any atom is 0.347 e. The van der Waals surface area contributed by atoms with Crippen molar-refractivity contribution in [3.05, 3.63) is 64.7 Å². The van der Waals surface area contributed by atoms with E-state index in [9.17, 15) is 22.8 Å². The van der Waals surface area contributed by atoms with Crippen LogP contribution in [0.15, 0.2) is 48.3 Å². The molecule has 2 amide bonds. The topological polar surface area (TPSA) is 75.9 Å². The van der Waals surface area contributed by atoms with Crippen LogP contribution in [0.1, 0.15) is 38.1 Å². The van der Waals surface area contributed by atoms with Crippen LogP contribution in [0, 0.1) is 5.82 Å². The molecule has 10 heteroatoms. The Balaban J connectivity index is 2.54. The van der Waals surface area contributed by atoms with E-state index in [0.717, 1.165) is 18.2 Å². The number of hydrazine groups is 1. The molecule has 1 aromatic rings. The monoisotopic (exact) mass is 443 g/mol. The highest BCUT2D eigenvalue weighted by molar-refractivity contribution is 6.33. The summed E-state index contributed by atoms with van der Waals surface area (Å²) < 4.78 is 47.4. The number of hydrogen-bond acceptors (Lipinski definition) is 4. The zero-order chi connectivity index (χ0) is 23.2. The Morgan fingerprint density at radius 3 is 2.33 bits per heavy atom. The highest BCUT2D eigenvalue weighted by Gasteiger charge is 2.41. The maximum absolute atomic E-state index is 14.6. The second-order valence-corrected chi connectivity index (χ2v) is 7.77. The van der Waals surface area contributed by atoms with Gasteiger partial charge in [0.2, 0.25) is 0 Å². The van der Waals surface area contributed by atoms with E-state index < -0.39 is 40.7 Å². The van der Waals surface area contributed by atoms with Gasteiger partial charge in [-0.25, -0.2) is 24.8 Å². The summed E-state index contributed by atoms with van der Waals surface area (Å²) >= 11 is 5.99. The minimum absolute atomic E-state index is 0.185. The van der Waals surface area contributed by atoms with Crippen molar-refractivity contribution in [1.29, 1.82) is 0 Å². The lowest BCUT2D eigenvalue weighted by atomic mass is 10.0. The quantitative estimate of drug-likeness (QED) is 0.295. The van der Waals surface area contributed by atoms with E-state index in [1.54, 1.807) is 20.8 Å². The summed E-state index contributed by atoms with van der Waals surface area (Å²) in [5.74, 6) is 0.153.